The number of benzene rings is 1. The first-order chi connectivity index (χ1) is 11.8. The lowest BCUT2D eigenvalue weighted by molar-refractivity contribution is -0.125. The van der Waals surface area contributed by atoms with Crippen molar-refractivity contribution >= 4 is 12.0 Å². The lowest BCUT2D eigenvalue weighted by Gasteiger charge is -2.28. The summed E-state index contributed by atoms with van der Waals surface area (Å²) in [4.78, 5) is 26.2. The van der Waals surface area contributed by atoms with Crippen LogP contribution in [0.15, 0.2) is 24.3 Å². The molecule has 1 aromatic carbocycles. The van der Waals surface area contributed by atoms with Gasteiger partial charge in [0.25, 0.3) is 0 Å². The van der Waals surface area contributed by atoms with Crippen molar-refractivity contribution in [3.05, 3.63) is 29.8 Å². The number of carbonyl (C=O) groups excluding carboxylic acids is 2. The minimum Gasteiger partial charge on any atom is -0.497 e. The Morgan fingerprint density at radius 3 is 2.76 bits per heavy atom. The zero-order valence-electron chi connectivity index (χ0n) is 15.5. The molecule has 0 bridgehead atoms. The van der Waals surface area contributed by atoms with Crippen LogP contribution in [0.5, 0.6) is 5.75 Å². The Bertz CT molecular complexity index is 610. The summed E-state index contributed by atoms with van der Waals surface area (Å²) >= 11 is 0. The van der Waals surface area contributed by atoms with Gasteiger partial charge in [0.15, 0.2) is 0 Å². The Balaban J connectivity index is 1.85. The van der Waals surface area contributed by atoms with Gasteiger partial charge in [0.05, 0.1) is 7.11 Å². The predicted molar refractivity (Wildman–Crippen MR) is 95.7 cm³/mol. The fourth-order valence-corrected chi connectivity index (χ4v) is 2.85. The third-order valence-corrected chi connectivity index (χ3v) is 4.03. The SMILES string of the molecule is COc1cccc(CCNC(=O)[C@@H]2CCCN2C(=O)OC(C)(C)C)c1. The van der Waals surface area contributed by atoms with E-state index in [-0.39, 0.29) is 5.91 Å². The third-order valence-electron chi connectivity index (χ3n) is 4.03. The van der Waals surface area contributed by atoms with Gasteiger partial charge in [-0.1, -0.05) is 12.1 Å². The van der Waals surface area contributed by atoms with Crippen LogP contribution in [0.1, 0.15) is 39.2 Å². The summed E-state index contributed by atoms with van der Waals surface area (Å²) in [6, 6.07) is 7.32. The quantitative estimate of drug-likeness (QED) is 0.888. The highest BCUT2D eigenvalue weighted by atomic mass is 16.6. The molecule has 1 aliphatic heterocycles. The second kappa shape index (κ2) is 8.23. The van der Waals surface area contributed by atoms with E-state index < -0.39 is 17.7 Å². The molecular formula is C19H28N2O4. The summed E-state index contributed by atoms with van der Waals surface area (Å²) in [5.74, 6) is 0.682. The van der Waals surface area contributed by atoms with Gasteiger partial charge in [0.1, 0.15) is 17.4 Å². The van der Waals surface area contributed by atoms with E-state index in [1.54, 1.807) is 7.11 Å². The van der Waals surface area contributed by atoms with Crippen LogP contribution in [-0.2, 0) is 16.0 Å². The van der Waals surface area contributed by atoms with Gasteiger partial charge in [-0.15, -0.1) is 0 Å². The monoisotopic (exact) mass is 348 g/mol. The Morgan fingerprint density at radius 1 is 1.32 bits per heavy atom. The average molecular weight is 348 g/mol. The maximum atomic E-state index is 12.5. The van der Waals surface area contributed by atoms with E-state index in [4.69, 9.17) is 9.47 Å². The molecule has 1 atom stereocenters. The van der Waals surface area contributed by atoms with Gasteiger partial charge >= 0.3 is 6.09 Å². The Hall–Kier alpha value is -2.24. The molecule has 2 rings (SSSR count). The average Bonchev–Trinajstić information content (AvgIpc) is 3.03. The molecule has 0 aliphatic carbocycles. The van der Waals surface area contributed by atoms with Gasteiger partial charge in [-0.2, -0.15) is 0 Å². The molecule has 6 heteroatoms. The fourth-order valence-electron chi connectivity index (χ4n) is 2.85. The molecule has 0 aromatic heterocycles. The van der Waals surface area contributed by atoms with E-state index in [1.807, 2.05) is 45.0 Å². The summed E-state index contributed by atoms with van der Waals surface area (Å²) < 4.78 is 10.6. The second-order valence-corrected chi connectivity index (χ2v) is 7.22. The van der Waals surface area contributed by atoms with Crippen LogP contribution >= 0.6 is 0 Å². The number of amides is 2. The molecule has 1 aromatic rings. The number of methoxy groups -OCH3 is 1. The molecule has 0 radical (unpaired) electrons. The molecule has 2 amide bonds. The lowest BCUT2D eigenvalue weighted by Crippen LogP contribution is -2.47. The van der Waals surface area contributed by atoms with E-state index >= 15 is 0 Å². The van der Waals surface area contributed by atoms with Crippen LogP contribution in [0.4, 0.5) is 4.79 Å². The number of ether oxygens (including phenoxy) is 2. The summed E-state index contributed by atoms with van der Waals surface area (Å²) in [5, 5.41) is 2.93. The molecule has 25 heavy (non-hydrogen) atoms. The summed E-state index contributed by atoms with van der Waals surface area (Å²) in [6.45, 7) is 6.55. The number of hydrogen-bond acceptors (Lipinski definition) is 4. The topological polar surface area (TPSA) is 67.9 Å². The summed E-state index contributed by atoms with van der Waals surface area (Å²) in [7, 11) is 1.63. The minimum atomic E-state index is -0.562. The van der Waals surface area contributed by atoms with Crippen LogP contribution in [-0.4, -0.2) is 48.7 Å². The molecular weight excluding hydrogens is 320 g/mol. The number of carbonyl (C=O) groups is 2. The maximum Gasteiger partial charge on any atom is 0.410 e. The first-order valence-electron chi connectivity index (χ1n) is 8.70. The van der Waals surface area contributed by atoms with Crippen LogP contribution in [0.2, 0.25) is 0 Å². The number of nitrogens with zero attached hydrogens (tertiary/aromatic N) is 1. The van der Waals surface area contributed by atoms with Gasteiger partial charge in [-0.3, -0.25) is 9.69 Å². The van der Waals surface area contributed by atoms with E-state index in [1.165, 1.54) is 4.90 Å². The Kier molecular flexibility index (Phi) is 6.28. The van der Waals surface area contributed by atoms with Crippen molar-refractivity contribution in [3.63, 3.8) is 0 Å². The molecule has 0 spiro atoms. The highest BCUT2D eigenvalue weighted by Gasteiger charge is 2.36. The van der Waals surface area contributed by atoms with Crippen LogP contribution in [0.25, 0.3) is 0 Å². The second-order valence-electron chi connectivity index (χ2n) is 7.22. The number of hydrogen-bond donors (Lipinski definition) is 1. The highest BCUT2D eigenvalue weighted by Crippen LogP contribution is 2.21. The first-order valence-corrected chi connectivity index (χ1v) is 8.70. The van der Waals surface area contributed by atoms with Gasteiger partial charge in [0.2, 0.25) is 5.91 Å². The normalized spacial score (nSPS) is 17.3. The van der Waals surface area contributed by atoms with Crippen molar-refractivity contribution in [1.82, 2.24) is 10.2 Å². The molecule has 1 heterocycles. The molecule has 0 saturated carbocycles. The number of nitrogens with one attached hydrogen (secondary N) is 1. The van der Waals surface area contributed by atoms with Gasteiger partial charge in [0, 0.05) is 13.1 Å². The van der Waals surface area contributed by atoms with Crippen LogP contribution < -0.4 is 10.1 Å². The van der Waals surface area contributed by atoms with E-state index in [9.17, 15) is 9.59 Å². The zero-order valence-corrected chi connectivity index (χ0v) is 15.5. The fraction of sp³-hybridized carbons (Fsp3) is 0.579. The molecule has 0 unspecified atom stereocenters. The van der Waals surface area contributed by atoms with Crippen molar-refractivity contribution in [2.45, 2.75) is 51.7 Å². The van der Waals surface area contributed by atoms with Crippen molar-refractivity contribution in [1.29, 1.82) is 0 Å². The van der Waals surface area contributed by atoms with Crippen molar-refractivity contribution in [3.8, 4) is 5.75 Å². The maximum absolute atomic E-state index is 12.5. The number of rotatable bonds is 5. The molecule has 1 saturated heterocycles. The highest BCUT2D eigenvalue weighted by molar-refractivity contribution is 5.86. The van der Waals surface area contributed by atoms with Crippen LogP contribution in [0.3, 0.4) is 0 Å². The molecule has 1 aliphatic rings. The first kappa shape index (κ1) is 19.1. The third kappa shape index (κ3) is 5.66. The number of likely N-dealkylation sites (tertiary alicyclic amines) is 1. The van der Waals surface area contributed by atoms with Crippen LogP contribution in [0, 0.1) is 0 Å². The van der Waals surface area contributed by atoms with Crippen molar-refractivity contribution < 1.29 is 19.1 Å². The Labute approximate surface area is 149 Å². The van der Waals surface area contributed by atoms with E-state index in [2.05, 4.69) is 5.32 Å². The molecule has 1 fully saturated rings. The summed E-state index contributed by atoms with van der Waals surface area (Å²) in [6.07, 6.45) is 1.78. The molecule has 138 valence electrons. The van der Waals surface area contributed by atoms with Crippen molar-refractivity contribution in [2.24, 2.45) is 0 Å². The van der Waals surface area contributed by atoms with Crippen molar-refractivity contribution in [2.75, 3.05) is 20.2 Å². The Morgan fingerprint density at radius 2 is 2.08 bits per heavy atom. The molecule has 1 N–H and O–H groups in total. The van der Waals surface area contributed by atoms with Gasteiger partial charge in [-0.25, -0.2) is 4.79 Å². The lowest BCUT2D eigenvalue weighted by atomic mass is 10.1. The van der Waals surface area contributed by atoms with E-state index in [0.717, 1.165) is 17.7 Å². The van der Waals surface area contributed by atoms with E-state index in [0.29, 0.717) is 25.9 Å². The standard InChI is InChI=1S/C19H28N2O4/c1-19(2,3)25-18(23)21-12-6-9-16(21)17(22)20-11-10-14-7-5-8-15(13-14)24-4/h5,7-8,13,16H,6,9-12H2,1-4H3,(H,20,22)/t16-/m0/s1. The smallest absolute Gasteiger partial charge is 0.410 e. The van der Waals surface area contributed by atoms with Gasteiger partial charge < -0.3 is 14.8 Å². The summed E-state index contributed by atoms with van der Waals surface area (Å²) in [5.41, 5.74) is 0.530. The van der Waals surface area contributed by atoms with Gasteiger partial charge in [-0.05, 0) is 57.7 Å². The minimum absolute atomic E-state index is 0.119. The molecule has 6 nitrogen and oxygen atoms in total. The predicted octanol–water partition coefficient (Wildman–Crippen LogP) is 2.75. The zero-order chi connectivity index (χ0) is 18.4. The largest absolute Gasteiger partial charge is 0.497 e.